The molecule has 2 heterocycles. The van der Waals surface area contributed by atoms with E-state index in [2.05, 4.69) is 28.2 Å². The van der Waals surface area contributed by atoms with Crippen LogP contribution in [0.2, 0.25) is 0 Å². The lowest BCUT2D eigenvalue weighted by atomic mass is 9.93. The predicted molar refractivity (Wildman–Crippen MR) is 110 cm³/mol. The molecule has 1 N–H and O–H groups in total. The number of hydrogen-bond acceptors (Lipinski definition) is 4. The monoisotopic (exact) mass is 369 g/mol. The van der Waals surface area contributed by atoms with Crippen LogP contribution in [-0.2, 0) is 4.79 Å². The van der Waals surface area contributed by atoms with E-state index in [1.807, 2.05) is 39.1 Å². The topological polar surface area (TPSA) is 54.5 Å². The van der Waals surface area contributed by atoms with E-state index in [0.717, 1.165) is 49.1 Å². The van der Waals surface area contributed by atoms with E-state index in [0.29, 0.717) is 5.92 Å². The summed E-state index contributed by atoms with van der Waals surface area (Å²) in [6.07, 6.45) is 4.21. The normalized spacial score (nSPS) is 17.8. The number of ether oxygens (including phenoxy) is 1. The third-order valence-electron chi connectivity index (χ3n) is 5.30. The van der Waals surface area contributed by atoms with E-state index in [9.17, 15) is 4.79 Å². The fraction of sp³-hybridized carbons (Fsp3) is 0.545. The average Bonchev–Trinajstić information content (AvgIpc) is 2.64. The van der Waals surface area contributed by atoms with Crippen LogP contribution in [0.3, 0.4) is 0 Å². The van der Waals surface area contributed by atoms with Gasteiger partial charge in [-0.15, -0.1) is 0 Å². The van der Waals surface area contributed by atoms with Crippen molar-refractivity contribution >= 4 is 22.5 Å². The summed E-state index contributed by atoms with van der Waals surface area (Å²) in [7, 11) is 1.69. The molecule has 1 saturated heterocycles. The first-order valence-electron chi connectivity index (χ1n) is 9.77. The highest BCUT2D eigenvalue weighted by molar-refractivity contribution is 5.96. The number of carbonyl (C=O) groups excluding carboxylic acids is 1. The van der Waals surface area contributed by atoms with Gasteiger partial charge in [-0.05, 0) is 37.3 Å². The predicted octanol–water partition coefficient (Wildman–Crippen LogP) is 3.93. The number of nitrogens with one attached hydrogen (secondary N) is 1. The number of pyridine rings is 1. The van der Waals surface area contributed by atoms with E-state index >= 15 is 0 Å². The highest BCUT2D eigenvalue weighted by Crippen LogP contribution is 2.35. The maximum absolute atomic E-state index is 12.2. The molecule has 1 aliphatic rings. The molecule has 1 aliphatic heterocycles. The van der Waals surface area contributed by atoms with E-state index < -0.39 is 0 Å². The van der Waals surface area contributed by atoms with Crippen LogP contribution >= 0.6 is 0 Å². The molecule has 146 valence electrons. The van der Waals surface area contributed by atoms with Gasteiger partial charge >= 0.3 is 0 Å². The Morgan fingerprint density at radius 3 is 2.85 bits per heavy atom. The van der Waals surface area contributed by atoms with Crippen LogP contribution in [0.1, 0.15) is 39.2 Å². The van der Waals surface area contributed by atoms with Crippen molar-refractivity contribution < 1.29 is 9.53 Å². The third kappa shape index (κ3) is 4.18. The Bertz CT molecular complexity index is 826. The number of fused-ring (bicyclic) bond motifs is 1. The van der Waals surface area contributed by atoms with Gasteiger partial charge in [0.2, 0.25) is 5.91 Å². The number of benzene rings is 1. The highest BCUT2D eigenvalue weighted by atomic mass is 16.5. The number of hydrogen-bond donors (Lipinski definition) is 1. The van der Waals surface area contributed by atoms with Crippen LogP contribution in [0.5, 0.6) is 5.75 Å². The van der Waals surface area contributed by atoms with E-state index in [1.165, 1.54) is 11.3 Å². The van der Waals surface area contributed by atoms with Gasteiger partial charge in [-0.25, -0.2) is 0 Å². The van der Waals surface area contributed by atoms with Gasteiger partial charge in [0.1, 0.15) is 11.3 Å². The molecular formula is C22H31N3O2. The molecular weight excluding hydrogens is 338 g/mol. The molecule has 3 rings (SSSR count). The largest absolute Gasteiger partial charge is 0.494 e. The first kappa shape index (κ1) is 19.5. The lowest BCUT2D eigenvalue weighted by molar-refractivity contribution is -0.128. The van der Waals surface area contributed by atoms with Crippen molar-refractivity contribution in [3.8, 4) is 5.75 Å². The Labute approximate surface area is 162 Å². The lowest BCUT2D eigenvalue weighted by Gasteiger charge is -2.36. The summed E-state index contributed by atoms with van der Waals surface area (Å²) in [6.45, 7) is 10.7. The molecule has 1 fully saturated rings. The van der Waals surface area contributed by atoms with E-state index in [1.54, 1.807) is 7.11 Å². The molecule has 0 saturated carbocycles. The van der Waals surface area contributed by atoms with Gasteiger partial charge in [0, 0.05) is 36.6 Å². The van der Waals surface area contributed by atoms with Crippen molar-refractivity contribution in [1.29, 1.82) is 0 Å². The van der Waals surface area contributed by atoms with Gasteiger partial charge in [-0.1, -0.05) is 32.9 Å². The summed E-state index contributed by atoms with van der Waals surface area (Å²) in [4.78, 5) is 19.3. The SMILES string of the molecule is COc1cccc2c(N3CCC[C@@H](CNC(=O)C(C)(C)C)C3)c(C)cnc12. The number of rotatable bonds is 4. The Hall–Kier alpha value is -2.30. The summed E-state index contributed by atoms with van der Waals surface area (Å²) in [5, 5.41) is 4.27. The van der Waals surface area contributed by atoms with Crippen molar-refractivity contribution in [3.63, 3.8) is 0 Å². The lowest BCUT2D eigenvalue weighted by Crippen LogP contribution is -2.43. The van der Waals surface area contributed by atoms with Crippen LogP contribution in [0.15, 0.2) is 24.4 Å². The summed E-state index contributed by atoms with van der Waals surface area (Å²) >= 11 is 0. The Balaban J connectivity index is 1.82. The molecule has 1 aromatic heterocycles. The second-order valence-electron chi connectivity index (χ2n) is 8.56. The zero-order valence-electron chi connectivity index (χ0n) is 17.1. The molecule has 0 spiro atoms. The van der Waals surface area contributed by atoms with Crippen LogP contribution in [0.25, 0.3) is 10.9 Å². The summed E-state index contributed by atoms with van der Waals surface area (Å²) in [6, 6.07) is 6.10. The van der Waals surface area contributed by atoms with E-state index in [-0.39, 0.29) is 11.3 Å². The van der Waals surface area contributed by atoms with Crippen LogP contribution < -0.4 is 15.0 Å². The molecule has 5 nitrogen and oxygen atoms in total. The fourth-order valence-corrected chi connectivity index (χ4v) is 3.80. The molecule has 0 aliphatic carbocycles. The molecule has 0 radical (unpaired) electrons. The van der Waals surface area contributed by atoms with Crippen molar-refractivity contribution in [2.24, 2.45) is 11.3 Å². The molecule has 5 heteroatoms. The zero-order valence-corrected chi connectivity index (χ0v) is 17.1. The molecule has 2 aromatic rings. The standard InChI is InChI=1S/C22H31N3O2/c1-15-12-23-19-17(9-6-10-18(19)27-5)20(15)25-11-7-8-16(14-25)13-24-21(26)22(2,3)4/h6,9-10,12,16H,7-8,11,13-14H2,1-5H3,(H,24,26)/t16-/m0/s1. The molecule has 1 aromatic carbocycles. The number of nitrogens with zero attached hydrogens (tertiary/aromatic N) is 2. The van der Waals surface area contributed by atoms with Crippen LogP contribution in [0, 0.1) is 18.3 Å². The fourth-order valence-electron chi connectivity index (χ4n) is 3.80. The molecule has 0 bridgehead atoms. The number of aromatic nitrogens is 1. The number of para-hydroxylation sites is 1. The third-order valence-corrected chi connectivity index (χ3v) is 5.30. The Morgan fingerprint density at radius 1 is 1.37 bits per heavy atom. The van der Waals surface area contributed by atoms with Crippen LogP contribution in [0.4, 0.5) is 5.69 Å². The summed E-state index contributed by atoms with van der Waals surface area (Å²) < 4.78 is 5.50. The molecule has 0 unspecified atom stereocenters. The minimum absolute atomic E-state index is 0.120. The Kier molecular flexibility index (Phi) is 5.59. The van der Waals surface area contributed by atoms with Crippen LogP contribution in [-0.4, -0.2) is 37.6 Å². The number of piperidine rings is 1. The van der Waals surface area contributed by atoms with Gasteiger partial charge < -0.3 is 15.0 Å². The Morgan fingerprint density at radius 2 is 2.15 bits per heavy atom. The number of aryl methyl sites for hydroxylation is 1. The number of amides is 1. The number of carbonyl (C=O) groups is 1. The quantitative estimate of drug-likeness (QED) is 0.887. The second-order valence-corrected chi connectivity index (χ2v) is 8.56. The van der Waals surface area contributed by atoms with Gasteiger partial charge in [0.05, 0.1) is 12.8 Å². The first-order chi connectivity index (χ1) is 12.8. The van der Waals surface area contributed by atoms with Crippen molar-refractivity contribution in [2.45, 2.75) is 40.5 Å². The number of methoxy groups -OCH3 is 1. The second kappa shape index (κ2) is 7.75. The number of anilines is 1. The van der Waals surface area contributed by atoms with Gasteiger partial charge in [0.15, 0.2) is 0 Å². The molecule has 27 heavy (non-hydrogen) atoms. The average molecular weight is 370 g/mol. The minimum atomic E-state index is -0.344. The van der Waals surface area contributed by atoms with Gasteiger partial charge in [-0.2, -0.15) is 0 Å². The minimum Gasteiger partial charge on any atom is -0.494 e. The van der Waals surface area contributed by atoms with Crippen molar-refractivity contribution in [2.75, 3.05) is 31.6 Å². The summed E-state index contributed by atoms with van der Waals surface area (Å²) in [5.41, 5.74) is 2.98. The maximum atomic E-state index is 12.2. The van der Waals surface area contributed by atoms with Gasteiger partial charge in [-0.3, -0.25) is 9.78 Å². The van der Waals surface area contributed by atoms with Gasteiger partial charge in [0.25, 0.3) is 0 Å². The smallest absolute Gasteiger partial charge is 0.225 e. The van der Waals surface area contributed by atoms with Crippen molar-refractivity contribution in [1.82, 2.24) is 10.3 Å². The summed E-state index contributed by atoms with van der Waals surface area (Å²) in [5.74, 6) is 1.38. The molecule has 1 atom stereocenters. The van der Waals surface area contributed by atoms with Crippen molar-refractivity contribution in [3.05, 3.63) is 30.0 Å². The first-order valence-corrected chi connectivity index (χ1v) is 9.77. The van der Waals surface area contributed by atoms with E-state index in [4.69, 9.17) is 4.74 Å². The highest BCUT2D eigenvalue weighted by Gasteiger charge is 2.26. The zero-order chi connectivity index (χ0) is 19.6. The molecule has 1 amide bonds. The maximum Gasteiger partial charge on any atom is 0.225 e.